The standard InChI is InChI=1S/C17H15F3N2O2S/c18-14-11(15(19)20)3-1-4-12(14)16(23)21-6-8-22(9-7-21)17(24)13-5-2-10-25-13/h1-5,10,15H,6-9H2. The lowest BCUT2D eigenvalue weighted by molar-refractivity contribution is 0.0534. The maximum atomic E-state index is 14.1. The maximum absolute atomic E-state index is 14.1. The van der Waals surface area contributed by atoms with Crippen molar-refractivity contribution in [2.24, 2.45) is 0 Å². The third-order valence-electron chi connectivity index (χ3n) is 4.08. The summed E-state index contributed by atoms with van der Waals surface area (Å²) in [5.74, 6) is -1.92. The van der Waals surface area contributed by atoms with Gasteiger partial charge in [0.05, 0.1) is 16.0 Å². The van der Waals surface area contributed by atoms with Gasteiger partial charge in [0.25, 0.3) is 18.2 Å². The highest BCUT2D eigenvalue weighted by Crippen LogP contribution is 2.25. The monoisotopic (exact) mass is 368 g/mol. The number of thiophene rings is 1. The molecule has 2 amide bonds. The van der Waals surface area contributed by atoms with Gasteiger partial charge in [0.1, 0.15) is 5.82 Å². The van der Waals surface area contributed by atoms with Crippen LogP contribution in [0.25, 0.3) is 0 Å². The molecule has 0 bridgehead atoms. The highest BCUT2D eigenvalue weighted by molar-refractivity contribution is 7.12. The number of hydrogen-bond donors (Lipinski definition) is 0. The summed E-state index contributed by atoms with van der Waals surface area (Å²) in [6.07, 6.45) is -2.98. The molecule has 0 unspecified atom stereocenters. The average Bonchev–Trinajstić information content (AvgIpc) is 3.15. The Morgan fingerprint density at radius 3 is 2.16 bits per heavy atom. The predicted octanol–water partition coefficient (Wildman–Crippen LogP) is 3.42. The van der Waals surface area contributed by atoms with E-state index >= 15 is 0 Å². The van der Waals surface area contributed by atoms with Crippen molar-refractivity contribution < 1.29 is 22.8 Å². The molecule has 1 aliphatic heterocycles. The largest absolute Gasteiger partial charge is 0.335 e. The SMILES string of the molecule is O=C(c1cccs1)N1CCN(C(=O)c2cccc(C(F)F)c2F)CC1. The van der Waals surface area contributed by atoms with Crippen LogP contribution >= 0.6 is 11.3 Å². The molecule has 2 heterocycles. The second-order valence-electron chi connectivity index (χ2n) is 5.57. The lowest BCUT2D eigenvalue weighted by Gasteiger charge is -2.34. The van der Waals surface area contributed by atoms with Gasteiger partial charge < -0.3 is 9.80 Å². The Morgan fingerprint density at radius 1 is 0.960 bits per heavy atom. The van der Waals surface area contributed by atoms with Crippen LogP contribution in [-0.4, -0.2) is 47.8 Å². The van der Waals surface area contributed by atoms with E-state index in [2.05, 4.69) is 0 Å². The maximum Gasteiger partial charge on any atom is 0.266 e. The van der Waals surface area contributed by atoms with Crippen molar-refractivity contribution in [3.05, 3.63) is 57.5 Å². The molecule has 8 heteroatoms. The van der Waals surface area contributed by atoms with Crippen LogP contribution < -0.4 is 0 Å². The first kappa shape index (κ1) is 17.5. The van der Waals surface area contributed by atoms with Gasteiger partial charge in [-0.2, -0.15) is 0 Å². The van der Waals surface area contributed by atoms with E-state index in [1.807, 2.05) is 5.38 Å². The van der Waals surface area contributed by atoms with Gasteiger partial charge in [0, 0.05) is 26.2 Å². The Hall–Kier alpha value is -2.35. The normalized spacial score (nSPS) is 14.9. The third-order valence-corrected chi connectivity index (χ3v) is 4.94. The minimum atomic E-state index is -2.98. The minimum absolute atomic E-state index is 0.104. The number of carbonyl (C=O) groups excluding carboxylic acids is 2. The van der Waals surface area contributed by atoms with Crippen LogP contribution in [0.5, 0.6) is 0 Å². The van der Waals surface area contributed by atoms with Gasteiger partial charge in [0.2, 0.25) is 0 Å². The van der Waals surface area contributed by atoms with E-state index in [1.165, 1.54) is 28.4 Å². The topological polar surface area (TPSA) is 40.6 Å². The van der Waals surface area contributed by atoms with E-state index in [1.54, 1.807) is 17.0 Å². The number of amides is 2. The summed E-state index contributed by atoms with van der Waals surface area (Å²) >= 11 is 1.34. The first-order valence-corrected chi connectivity index (χ1v) is 8.55. The molecule has 0 atom stereocenters. The number of benzene rings is 1. The van der Waals surface area contributed by atoms with Crippen LogP contribution in [0.1, 0.15) is 32.0 Å². The van der Waals surface area contributed by atoms with Crippen molar-refractivity contribution in [3.8, 4) is 0 Å². The van der Waals surface area contributed by atoms with Gasteiger partial charge in [-0.3, -0.25) is 9.59 Å². The van der Waals surface area contributed by atoms with Crippen LogP contribution in [0.3, 0.4) is 0 Å². The lowest BCUT2D eigenvalue weighted by Crippen LogP contribution is -2.50. The minimum Gasteiger partial charge on any atom is -0.335 e. The predicted molar refractivity (Wildman–Crippen MR) is 87.5 cm³/mol. The molecule has 132 valence electrons. The van der Waals surface area contributed by atoms with Crippen LogP contribution in [0.2, 0.25) is 0 Å². The number of rotatable bonds is 3. The van der Waals surface area contributed by atoms with Gasteiger partial charge >= 0.3 is 0 Å². The summed E-state index contributed by atoms with van der Waals surface area (Å²) in [6, 6.07) is 6.93. The molecule has 0 spiro atoms. The van der Waals surface area contributed by atoms with Crippen molar-refractivity contribution >= 4 is 23.2 Å². The summed E-state index contributed by atoms with van der Waals surface area (Å²) in [5.41, 5.74) is -1.15. The molecule has 0 aliphatic carbocycles. The summed E-state index contributed by atoms with van der Waals surface area (Å²) < 4.78 is 39.7. The second kappa shape index (κ2) is 7.26. The van der Waals surface area contributed by atoms with Gasteiger partial charge in [-0.05, 0) is 17.5 Å². The Labute approximate surface area is 146 Å². The number of hydrogen-bond acceptors (Lipinski definition) is 3. The molecule has 1 aromatic carbocycles. The molecular weight excluding hydrogens is 353 g/mol. The third kappa shape index (κ3) is 3.53. The molecule has 4 nitrogen and oxygen atoms in total. The molecule has 2 aromatic rings. The highest BCUT2D eigenvalue weighted by Gasteiger charge is 2.28. The molecule has 0 saturated carbocycles. The van der Waals surface area contributed by atoms with Crippen molar-refractivity contribution in [2.45, 2.75) is 6.43 Å². The molecule has 1 aromatic heterocycles. The van der Waals surface area contributed by atoms with E-state index in [-0.39, 0.29) is 24.6 Å². The van der Waals surface area contributed by atoms with Crippen LogP contribution in [0.4, 0.5) is 13.2 Å². The summed E-state index contributed by atoms with van der Waals surface area (Å²) in [7, 11) is 0. The zero-order valence-electron chi connectivity index (χ0n) is 13.1. The molecule has 0 radical (unpaired) electrons. The molecule has 1 aliphatic rings. The lowest BCUT2D eigenvalue weighted by atomic mass is 10.1. The summed E-state index contributed by atoms with van der Waals surface area (Å²) in [5, 5.41) is 1.81. The number of halogens is 3. The quantitative estimate of drug-likeness (QED) is 0.833. The summed E-state index contributed by atoms with van der Waals surface area (Å²) in [6.45, 7) is 1.10. The highest BCUT2D eigenvalue weighted by atomic mass is 32.1. The van der Waals surface area contributed by atoms with E-state index in [0.717, 1.165) is 6.07 Å². The number of nitrogens with zero attached hydrogens (tertiary/aromatic N) is 2. The second-order valence-corrected chi connectivity index (χ2v) is 6.52. The van der Waals surface area contributed by atoms with Crippen molar-refractivity contribution in [3.63, 3.8) is 0 Å². The molecule has 25 heavy (non-hydrogen) atoms. The van der Waals surface area contributed by atoms with Gasteiger partial charge in [-0.25, -0.2) is 13.2 Å². The number of alkyl halides is 2. The fraction of sp³-hybridized carbons (Fsp3) is 0.294. The van der Waals surface area contributed by atoms with Crippen molar-refractivity contribution in [1.82, 2.24) is 9.80 Å². The first-order chi connectivity index (χ1) is 12.0. The molecule has 0 N–H and O–H groups in total. The smallest absolute Gasteiger partial charge is 0.266 e. The molecular formula is C17H15F3N2O2S. The van der Waals surface area contributed by atoms with E-state index in [9.17, 15) is 22.8 Å². The van der Waals surface area contributed by atoms with E-state index in [4.69, 9.17) is 0 Å². The fourth-order valence-electron chi connectivity index (χ4n) is 2.72. The Bertz CT molecular complexity index is 772. The average molecular weight is 368 g/mol. The van der Waals surface area contributed by atoms with Crippen LogP contribution in [-0.2, 0) is 0 Å². The Balaban J connectivity index is 1.68. The Morgan fingerprint density at radius 2 is 1.60 bits per heavy atom. The van der Waals surface area contributed by atoms with Crippen LogP contribution in [0.15, 0.2) is 35.7 Å². The summed E-state index contributed by atoms with van der Waals surface area (Å²) in [4.78, 5) is 28.3. The van der Waals surface area contributed by atoms with Gasteiger partial charge in [0.15, 0.2) is 0 Å². The molecule has 3 rings (SSSR count). The first-order valence-electron chi connectivity index (χ1n) is 7.67. The van der Waals surface area contributed by atoms with E-state index < -0.39 is 23.7 Å². The zero-order valence-corrected chi connectivity index (χ0v) is 13.9. The Kier molecular flexibility index (Phi) is 5.08. The molecule has 1 saturated heterocycles. The zero-order chi connectivity index (χ0) is 18.0. The number of piperazine rings is 1. The van der Waals surface area contributed by atoms with E-state index in [0.29, 0.717) is 18.0 Å². The number of carbonyl (C=O) groups is 2. The van der Waals surface area contributed by atoms with Gasteiger partial charge in [-0.15, -0.1) is 11.3 Å². The van der Waals surface area contributed by atoms with Crippen LogP contribution in [0, 0.1) is 5.82 Å². The van der Waals surface area contributed by atoms with Crippen molar-refractivity contribution in [2.75, 3.05) is 26.2 Å². The van der Waals surface area contributed by atoms with Crippen molar-refractivity contribution in [1.29, 1.82) is 0 Å². The van der Waals surface area contributed by atoms with Gasteiger partial charge in [-0.1, -0.05) is 18.2 Å². The molecule has 1 fully saturated rings. The fourth-order valence-corrected chi connectivity index (χ4v) is 3.41.